The first-order valence-electron chi connectivity index (χ1n) is 13.2. The van der Waals surface area contributed by atoms with Crippen LogP contribution in [0, 0.1) is 0 Å². The van der Waals surface area contributed by atoms with E-state index in [1.165, 1.54) is 25.0 Å². The number of alkyl carbamates (subject to hydrolysis) is 1. The lowest BCUT2D eigenvalue weighted by Gasteiger charge is -2.33. The van der Waals surface area contributed by atoms with Crippen molar-refractivity contribution in [1.29, 1.82) is 0 Å². The number of aromatic hydroxyl groups is 1. The first-order chi connectivity index (χ1) is 18.4. The number of benzene rings is 2. The largest absolute Gasteiger partial charge is 0.506 e. The van der Waals surface area contributed by atoms with Crippen LogP contribution < -0.4 is 10.2 Å². The molecule has 0 aliphatic heterocycles. The van der Waals surface area contributed by atoms with E-state index in [1.54, 1.807) is 6.07 Å². The van der Waals surface area contributed by atoms with Gasteiger partial charge in [-0.25, -0.2) is 4.79 Å². The number of phenolic OH excluding ortho intramolecular Hbond substituents is 1. The van der Waals surface area contributed by atoms with Gasteiger partial charge in [0.25, 0.3) is 0 Å². The number of phenols is 1. The average molecular weight is 538 g/mol. The molecule has 1 aliphatic carbocycles. The van der Waals surface area contributed by atoms with E-state index in [9.17, 15) is 19.5 Å². The number of nitrogens with zero attached hydrogens (tertiary/aromatic N) is 1. The molecule has 2 amide bonds. The third-order valence-electron chi connectivity index (χ3n) is 7.01. The number of hydrogen-bond acceptors (Lipinski definition) is 6. The Bertz CT molecular complexity index is 1290. The van der Waals surface area contributed by atoms with Crippen LogP contribution in [0.2, 0.25) is 0 Å². The highest BCUT2D eigenvalue weighted by atomic mass is 32.1. The van der Waals surface area contributed by atoms with Crippen LogP contribution in [0.4, 0.5) is 4.79 Å². The van der Waals surface area contributed by atoms with E-state index in [2.05, 4.69) is 16.9 Å². The van der Waals surface area contributed by atoms with Crippen LogP contribution in [0.1, 0.15) is 49.7 Å². The van der Waals surface area contributed by atoms with E-state index >= 15 is 0 Å². The first-order valence-corrected chi connectivity index (χ1v) is 14.0. The Morgan fingerprint density at radius 1 is 1.16 bits per heavy atom. The summed E-state index contributed by atoms with van der Waals surface area (Å²) < 4.78 is 6.55. The van der Waals surface area contributed by atoms with E-state index in [0.29, 0.717) is 36.1 Å². The third-order valence-corrected chi connectivity index (χ3v) is 7.96. The SMILES string of the molecule is C=CC(=O)N(CC(Cc1ccccc1)OC(=O)NCCc1ccc(O)c2[nH]c(=O)sc12)C1CCCCCC1. The molecular formula is C29H35N3O5S. The number of nitrogens with one attached hydrogen (secondary N) is 2. The minimum atomic E-state index is -0.560. The summed E-state index contributed by atoms with van der Waals surface area (Å²) in [4.78, 5) is 41.7. The second-order valence-corrected chi connectivity index (χ2v) is 10.7. The lowest BCUT2D eigenvalue weighted by molar-refractivity contribution is -0.130. The number of H-pyrrole nitrogens is 1. The van der Waals surface area contributed by atoms with E-state index in [1.807, 2.05) is 35.2 Å². The summed E-state index contributed by atoms with van der Waals surface area (Å²) in [5.41, 5.74) is 2.28. The fraction of sp³-hybridized carbons (Fsp3) is 0.414. The highest BCUT2D eigenvalue weighted by molar-refractivity contribution is 7.16. The van der Waals surface area contributed by atoms with Crippen molar-refractivity contribution in [3.8, 4) is 5.75 Å². The van der Waals surface area contributed by atoms with Crippen molar-refractivity contribution in [2.24, 2.45) is 0 Å². The van der Waals surface area contributed by atoms with Crippen LogP contribution in [-0.2, 0) is 22.4 Å². The van der Waals surface area contributed by atoms with E-state index in [-0.39, 0.29) is 22.6 Å². The van der Waals surface area contributed by atoms with Gasteiger partial charge < -0.3 is 25.0 Å². The molecule has 8 nitrogen and oxygen atoms in total. The number of aromatic nitrogens is 1. The molecule has 1 heterocycles. The Kier molecular flexibility index (Phi) is 9.59. The Morgan fingerprint density at radius 3 is 2.61 bits per heavy atom. The number of thiazole rings is 1. The number of carbonyl (C=O) groups excluding carboxylic acids is 2. The van der Waals surface area contributed by atoms with Gasteiger partial charge in [-0.05, 0) is 42.5 Å². The summed E-state index contributed by atoms with van der Waals surface area (Å²) in [5.74, 6) is -0.119. The monoisotopic (exact) mass is 537 g/mol. The molecule has 1 saturated carbocycles. The highest BCUT2D eigenvalue weighted by Gasteiger charge is 2.28. The zero-order valence-corrected chi connectivity index (χ0v) is 22.3. The van der Waals surface area contributed by atoms with Gasteiger partial charge in [-0.15, -0.1) is 0 Å². The first kappa shape index (κ1) is 27.4. The number of rotatable bonds is 10. The lowest BCUT2D eigenvalue weighted by Crippen LogP contribution is -2.46. The Labute approximate surface area is 226 Å². The van der Waals surface area contributed by atoms with Crippen LogP contribution in [0.25, 0.3) is 10.2 Å². The predicted molar refractivity (Wildman–Crippen MR) is 150 cm³/mol. The van der Waals surface area contributed by atoms with Gasteiger partial charge in [0.2, 0.25) is 5.91 Å². The zero-order valence-electron chi connectivity index (χ0n) is 21.5. The minimum Gasteiger partial charge on any atom is -0.506 e. The second kappa shape index (κ2) is 13.3. The number of carbonyl (C=O) groups is 2. The highest BCUT2D eigenvalue weighted by Crippen LogP contribution is 2.28. The minimum absolute atomic E-state index is 0.0190. The molecule has 2 aromatic carbocycles. The molecular weight excluding hydrogens is 502 g/mol. The maximum atomic E-state index is 12.9. The normalized spacial score (nSPS) is 14.9. The maximum Gasteiger partial charge on any atom is 0.407 e. The topological polar surface area (TPSA) is 112 Å². The molecule has 0 bridgehead atoms. The molecule has 3 aromatic rings. The van der Waals surface area contributed by atoms with E-state index in [0.717, 1.165) is 48.1 Å². The van der Waals surface area contributed by atoms with Crippen LogP contribution in [-0.4, -0.2) is 52.2 Å². The molecule has 9 heteroatoms. The molecule has 0 spiro atoms. The summed E-state index contributed by atoms with van der Waals surface area (Å²) >= 11 is 1.03. The molecule has 1 aromatic heterocycles. The quantitative estimate of drug-likeness (QED) is 0.251. The fourth-order valence-corrected chi connectivity index (χ4v) is 6.01. The smallest absolute Gasteiger partial charge is 0.407 e. The van der Waals surface area contributed by atoms with Gasteiger partial charge in [0.05, 0.1) is 11.2 Å². The predicted octanol–water partition coefficient (Wildman–Crippen LogP) is 4.91. The van der Waals surface area contributed by atoms with Crippen molar-refractivity contribution in [3.63, 3.8) is 0 Å². The maximum absolute atomic E-state index is 12.9. The van der Waals surface area contributed by atoms with Crippen molar-refractivity contribution in [1.82, 2.24) is 15.2 Å². The van der Waals surface area contributed by atoms with Crippen LogP contribution in [0.15, 0.2) is 59.9 Å². The summed E-state index contributed by atoms with van der Waals surface area (Å²) in [6.45, 7) is 4.29. The molecule has 0 radical (unpaired) electrons. The number of aromatic amines is 1. The van der Waals surface area contributed by atoms with Gasteiger partial charge in [0.15, 0.2) is 0 Å². The second-order valence-electron chi connectivity index (χ2n) is 9.70. The fourth-order valence-electron chi connectivity index (χ4n) is 5.11. The molecule has 1 fully saturated rings. The van der Waals surface area contributed by atoms with Gasteiger partial charge in [-0.3, -0.25) is 9.59 Å². The Balaban J connectivity index is 1.43. The summed E-state index contributed by atoms with van der Waals surface area (Å²) in [6.07, 6.45) is 7.59. The molecule has 1 atom stereocenters. The van der Waals surface area contributed by atoms with Crippen LogP contribution >= 0.6 is 11.3 Å². The number of hydrogen-bond donors (Lipinski definition) is 3. The number of ether oxygens (including phenoxy) is 1. The van der Waals surface area contributed by atoms with Crippen molar-refractivity contribution in [2.45, 2.75) is 63.5 Å². The lowest BCUT2D eigenvalue weighted by atomic mass is 10.0. The van der Waals surface area contributed by atoms with Crippen molar-refractivity contribution in [3.05, 3.63) is 75.9 Å². The average Bonchev–Trinajstić information content (AvgIpc) is 3.13. The Morgan fingerprint density at radius 2 is 1.89 bits per heavy atom. The van der Waals surface area contributed by atoms with Gasteiger partial charge in [-0.2, -0.15) is 0 Å². The van der Waals surface area contributed by atoms with Crippen molar-refractivity contribution >= 4 is 33.6 Å². The molecule has 1 unspecified atom stereocenters. The van der Waals surface area contributed by atoms with Gasteiger partial charge in [0, 0.05) is 19.0 Å². The summed E-state index contributed by atoms with van der Waals surface area (Å²) in [7, 11) is 0. The molecule has 4 rings (SSSR count). The summed E-state index contributed by atoms with van der Waals surface area (Å²) in [6, 6.07) is 13.2. The molecule has 38 heavy (non-hydrogen) atoms. The van der Waals surface area contributed by atoms with Gasteiger partial charge in [0.1, 0.15) is 17.4 Å². The van der Waals surface area contributed by atoms with Crippen molar-refractivity contribution in [2.75, 3.05) is 13.1 Å². The third kappa shape index (κ3) is 7.25. The van der Waals surface area contributed by atoms with Gasteiger partial charge in [-0.1, -0.05) is 80.0 Å². The van der Waals surface area contributed by atoms with Crippen molar-refractivity contribution < 1.29 is 19.4 Å². The summed E-state index contributed by atoms with van der Waals surface area (Å²) in [5, 5.41) is 12.8. The van der Waals surface area contributed by atoms with Gasteiger partial charge >= 0.3 is 11.0 Å². The van der Waals surface area contributed by atoms with Crippen LogP contribution in [0.5, 0.6) is 5.75 Å². The molecule has 0 saturated heterocycles. The van der Waals surface area contributed by atoms with E-state index in [4.69, 9.17) is 4.74 Å². The molecule has 3 N–H and O–H groups in total. The molecule has 1 aliphatic rings. The van der Waals surface area contributed by atoms with E-state index < -0.39 is 12.2 Å². The standard InChI is InChI=1S/C29H35N3O5S/c1-2-25(34)32(22-12-8-3-4-9-13-22)19-23(18-20-10-6-5-7-11-20)37-28(35)30-17-16-21-14-15-24(33)26-27(21)38-29(36)31-26/h2,5-7,10-11,14-15,22-23,33H,1,3-4,8-9,12-13,16-19H2,(H,30,35)(H,31,36). The zero-order chi connectivity index (χ0) is 26.9. The molecule has 202 valence electrons. The Hall–Kier alpha value is -3.59. The number of amides is 2. The number of fused-ring (bicyclic) bond motifs is 1. The van der Waals surface area contributed by atoms with Crippen LogP contribution in [0.3, 0.4) is 0 Å².